The molecule has 0 saturated heterocycles. The minimum absolute atomic E-state index is 0.275. The Labute approximate surface area is 103 Å². The number of ether oxygens (including phenoxy) is 1. The highest BCUT2D eigenvalue weighted by Crippen LogP contribution is 2.15. The van der Waals surface area contributed by atoms with E-state index in [0.717, 1.165) is 12.8 Å². The molecule has 5 nitrogen and oxygen atoms in total. The molecular formula is C12H22N4O. The summed E-state index contributed by atoms with van der Waals surface area (Å²) >= 11 is 0. The molecule has 0 bridgehead atoms. The van der Waals surface area contributed by atoms with E-state index in [1.165, 1.54) is 0 Å². The normalized spacial score (nSPS) is 11.4. The molecule has 1 heterocycles. The maximum atomic E-state index is 6.16. The van der Waals surface area contributed by atoms with Crippen LogP contribution in [0.5, 0.6) is 5.88 Å². The topological polar surface area (TPSA) is 64.3 Å². The number of nitrogens with two attached hydrogens (primary N) is 1. The summed E-state index contributed by atoms with van der Waals surface area (Å²) < 4.78 is 5.64. The predicted octanol–water partition coefficient (Wildman–Crippen LogP) is 1.44. The Hall–Kier alpha value is -1.36. The number of hydrogen-bond acceptors (Lipinski definition) is 5. The summed E-state index contributed by atoms with van der Waals surface area (Å²) in [6, 6.07) is 1.75. The van der Waals surface area contributed by atoms with Gasteiger partial charge in [0.25, 0.3) is 0 Å². The fourth-order valence-electron chi connectivity index (χ4n) is 1.30. The van der Waals surface area contributed by atoms with Gasteiger partial charge in [-0.05, 0) is 12.8 Å². The van der Waals surface area contributed by atoms with E-state index in [0.29, 0.717) is 18.4 Å². The number of anilines is 1. The van der Waals surface area contributed by atoms with Gasteiger partial charge in [0.15, 0.2) is 0 Å². The molecule has 17 heavy (non-hydrogen) atoms. The highest BCUT2D eigenvalue weighted by atomic mass is 16.5. The molecule has 5 heteroatoms. The Kier molecular flexibility index (Phi) is 4.69. The van der Waals surface area contributed by atoms with Crippen LogP contribution >= 0.6 is 0 Å². The third-order valence-corrected chi connectivity index (χ3v) is 2.93. The second kappa shape index (κ2) is 5.82. The van der Waals surface area contributed by atoms with Gasteiger partial charge in [0, 0.05) is 31.9 Å². The summed E-state index contributed by atoms with van der Waals surface area (Å²) in [7, 11) is 3.79. The second-order valence-electron chi connectivity index (χ2n) is 4.45. The lowest BCUT2D eigenvalue weighted by molar-refractivity contribution is 0.200. The summed E-state index contributed by atoms with van der Waals surface area (Å²) in [5.74, 6) is 1.21. The summed E-state index contributed by atoms with van der Waals surface area (Å²) in [5, 5.41) is 0. The lowest BCUT2D eigenvalue weighted by Gasteiger charge is -2.26. The minimum Gasteiger partial charge on any atom is -0.476 e. The molecule has 0 atom stereocenters. The summed E-state index contributed by atoms with van der Waals surface area (Å²) in [4.78, 5) is 10.2. The van der Waals surface area contributed by atoms with Crippen LogP contribution in [0.3, 0.4) is 0 Å². The minimum atomic E-state index is -0.275. The zero-order valence-electron chi connectivity index (χ0n) is 11.1. The van der Waals surface area contributed by atoms with E-state index in [-0.39, 0.29) is 5.54 Å². The van der Waals surface area contributed by atoms with E-state index in [1.54, 1.807) is 12.3 Å². The van der Waals surface area contributed by atoms with Crippen LogP contribution in [0.2, 0.25) is 0 Å². The van der Waals surface area contributed by atoms with E-state index in [1.807, 2.05) is 19.0 Å². The average Bonchev–Trinajstić information content (AvgIpc) is 2.36. The van der Waals surface area contributed by atoms with Crippen molar-refractivity contribution in [1.82, 2.24) is 9.97 Å². The zero-order chi connectivity index (χ0) is 12.9. The van der Waals surface area contributed by atoms with Gasteiger partial charge in [-0.3, -0.25) is 0 Å². The van der Waals surface area contributed by atoms with Crippen LogP contribution in [0.25, 0.3) is 0 Å². The van der Waals surface area contributed by atoms with Gasteiger partial charge < -0.3 is 15.4 Å². The van der Waals surface area contributed by atoms with Gasteiger partial charge >= 0.3 is 0 Å². The highest BCUT2D eigenvalue weighted by molar-refractivity contribution is 5.29. The van der Waals surface area contributed by atoms with E-state index < -0.39 is 0 Å². The van der Waals surface area contributed by atoms with Crippen molar-refractivity contribution in [3.63, 3.8) is 0 Å². The Morgan fingerprint density at radius 2 is 2.00 bits per heavy atom. The molecule has 0 spiro atoms. The van der Waals surface area contributed by atoms with Crippen molar-refractivity contribution in [1.29, 1.82) is 0 Å². The molecule has 1 rings (SSSR count). The first-order chi connectivity index (χ1) is 8.00. The zero-order valence-corrected chi connectivity index (χ0v) is 11.1. The predicted molar refractivity (Wildman–Crippen MR) is 69.4 cm³/mol. The Morgan fingerprint density at radius 1 is 1.35 bits per heavy atom. The van der Waals surface area contributed by atoms with E-state index in [9.17, 15) is 0 Å². The molecule has 0 radical (unpaired) electrons. The monoisotopic (exact) mass is 238 g/mol. The second-order valence-corrected chi connectivity index (χ2v) is 4.45. The van der Waals surface area contributed by atoms with E-state index >= 15 is 0 Å². The molecule has 0 fully saturated rings. The van der Waals surface area contributed by atoms with Crippen molar-refractivity contribution in [2.75, 3.05) is 25.6 Å². The van der Waals surface area contributed by atoms with Crippen LogP contribution in [-0.4, -0.2) is 36.2 Å². The summed E-state index contributed by atoms with van der Waals surface area (Å²) in [5.41, 5.74) is 5.89. The molecular weight excluding hydrogens is 216 g/mol. The molecule has 1 aromatic rings. The summed E-state index contributed by atoms with van der Waals surface area (Å²) in [6.07, 6.45) is 3.46. The fourth-order valence-corrected chi connectivity index (χ4v) is 1.30. The van der Waals surface area contributed by atoms with Crippen molar-refractivity contribution < 1.29 is 4.74 Å². The van der Waals surface area contributed by atoms with Gasteiger partial charge in [-0.15, -0.1) is 0 Å². The molecule has 0 aliphatic heterocycles. The van der Waals surface area contributed by atoms with Crippen LogP contribution in [-0.2, 0) is 0 Å². The van der Waals surface area contributed by atoms with Gasteiger partial charge in [0.2, 0.25) is 11.8 Å². The lowest BCUT2D eigenvalue weighted by atomic mass is 9.96. The van der Waals surface area contributed by atoms with Gasteiger partial charge in [-0.1, -0.05) is 13.8 Å². The molecule has 0 saturated carbocycles. The lowest BCUT2D eigenvalue weighted by Crippen LogP contribution is -2.44. The molecule has 0 aliphatic carbocycles. The summed E-state index contributed by atoms with van der Waals surface area (Å²) in [6.45, 7) is 4.61. The Bertz CT molecular complexity index is 350. The Balaban J connectivity index is 2.66. The fraction of sp³-hybridized carbons (Fsp3) is 0.667. The number of nitrogens with zero attached hydrogens (tertiary/aromatic N) is 3. The van der Waals surface area contributed by atoms with Crippen LogP contribution < -0.4 is 15.4 Å². The van der Waals surface area contributed by atoms with Crippen molar-refractivity contribution >= 4 is 5.95 Å². The van der Waals surface area contributed by atoms with Crippen molar-refractivity contribution in [3.8, 4) is 5.88 Å². The van der Waals surface area contributed by atoms with Crippen molar-refractivity contribution in [2.45, 2.75) is 32.2 Å². The SMILES string of the molecule is CCC(N)(CC)COc1ccnc(N(C)C)n1. The van der Waals surface area contributed by atoms with Gasteiger partial charge in [-0.25, -0.2) is 4.98 Å². The van der Waals surface area contributed by atoms with Crippen LogP contribution in [0.15, 0.2) is 12.3 Å². The molecule has 0 aromatic carbocycles. The molecule has 1 aromatic heterocycles. The first-order valence-electron chi connectivity index (χ1n) is 5.93. The Morgan fingerprint density at radius 3 is 2.53 bits per heavy atom. The first kappa shape index (κ1) is 13.7. The number of aromatic nitrogens is 2. The highest BCUT2D eigenvalue weighted by Gasteiger charge is 2.21. The van der Waals surface area contributed by atoms with Gasteiger partial charge in [0.05, 0.1) is 0 Å². The maximum absolute atomic E-state index is 6.16. The van der Waals surface area contributed by atoms with Gasteiger partial charge in [-0.2, -0.15) is 4.98 Å². The quantitative estimate of drug-likeness (QED) is 0.812. The number of rotatable bonds is 6. The molecule has 0 aliphatic rings. The first-order valence-corrected chi connectivity index (χ1v) is 5.93. The maximum Gasteiger partial charge on any atom is 0.228 e. The van der Waals surface area contributed by atoms with Crippen LogP contribution in [0, 0.1) is 0 Å². The smallest absolute Gasteiger partial charge is 0.228 e. The molecule has 96 valence electrons. The largest absolute Gasteiger partial charge is 0.476 e. The van der Waals surface area contributed by atoms with Gasteiger partial charge in [0.1, 0.15) is 6.61 Å². The van der Waals surface area contributed by atoms with Crippen LogP contribution in [0.4, 0.5) is 5.95 Å². The average molecular weight is 238 g/mol. The molecule has 0 unspecified atom stereocenters. The third kappa shape index (κ3) is 3.85. The number of hydrogen-bond donors (Lipinski definition) is 1. The van der Waals surface area contributed by atoms with E-state index in [4.69, 9.17) is 10.5 Å². The standard InChI is InChI=1S/C12H22N4O/c1-5-12(13,6-2)9-17-10-7-8-14-11(15-10)16(3)4/h7-8H,5-6,9,13H2,1-4H3. The van der Waals surface area contributed by atoms with Crippen molar-refractivity contribution in [2.24, 2.45) is 5.73 Å². The molecule has 2 N–H and O–H groups in total. The third-order valence-electron chi connectivity index (χ3n) is 2.93. The van der Waals surface area contributed by atoms with E-state index in [2.05, 4.69) is 23.8 Å². The molecule has 0 amide bonds. The van der Waals surface area contributed by atoms with Crippen LogP contribution in [0.1, 0.15) is 26.7 Å². The van der Waals surface area contributed by atoms with Crippen molar-refractivity contribution in [3.05, 3.63) is 12.3 Å².